The maximum atomic E-state index is 5.88. The topological polar surface area (TPSA) is 56.8 Å². The quantitative estimate of drug-likeness (QED) is 0.896. The molecule has 0 aliphatic carbocycles. The second-order valence-electron chi connectivity index (χ2n) is 4.05. The molecule has 1 heterocycles. The third kappa shape index (κ3) is 3.53. The van der Waals surface area contributed by atoms with Crippen molar-refractivity contribution in [2.24, 2.45) is 10.7 Å². The van der Waals surface area contributed by atoms with E-state index in [9.17, 15) is 0 Å². The van der Waals surface area contributed by atoms with Crippen molar-refractivity contribution in [1.29, 1.82) is 0 Å². The molecule has 0 saturated heterocycles. The Bertz CT molecular complexity index is 423. The molecular weight excluding hydrogens is 240 g/mol. The Labute approximate surface area is 105 Å². The lowest BCUT2D eigenvalue weighted by atomic mass is 10.1. The molecule has 0 fully saturated rings. The molecule has 1 aromatic rings. The van der Waals surface area contributed by atoms with Crippen molar-refractivity contribution in [3.63, 3.8) is 0 Å². The second-order valence-corrected chi connectivity index (χ2v) is 4.49. The lowest BCUT2D eigenvalue weighted by molar-refractivity contribution is 0.189. The van der Waals surface area contributed by atoms with Gasteiger partial charge in [0.15, 0.2) is 0 Å². The Balaban J connectivity index is 1.87. The van der Waals surface area contributed by atoms with Gasteiger partial charge in [-0.25, -0.2) is 4.99 Å². The molecule has 17 heavy (non-hydrogen) atoms. The minimum absolute atomic E-state index is 0.0386. The monoisotopic (exact) mass is 254 g/mol. The number of amidine groups is 1. The van der Waals surface area contributed by atoms with E-state index in [4.69, 9.17) is 26.8 Å². The number of benzene rings is 1. The summed E-state index contributed by atoms with van der Waals surface area (Å²) >= 11 is 5.88. The van der Waals surface area contributed by atoms with Gasteiger partial charge in [0.1, 0.15) is 12.4 Å². The number of nitrogens with zero attached hydrogens (tertiary/aromatic N) is 1. The molecule has 1 aliphatic rings. The molecule has 0 spiro atoms. The molecule has 0 amide bonds. The SMILES string of the molecule is CC(CC1COC(N)=N1)Oc1cccc(Cl)c1. The molecule has 0 saturated carbocycles. The van der Waals surface area contributed by atoms with Crippen LogP contribution in [0.4, 0.5) is 0 Å². The average molecular weight is 255 g/mol. The van der Waals surface area contributed by atoms with Gasteiger partial charge in [0, 0.05) is 11.4 Å². The molecule has 0 bridgehead atoms. The Morgan fingerprint density at radius 1 is 1.65 bits per heavy atom. The second kappa shape index (κ2) is 5.27. The van der Waals surface area contributed by atoms with E-state index in [0.717, 1.165) is 12.2 Å². The van der Waals surface area contributed by atoms with E-state index in [2.05, 4.69) is 4.99 Å². The maximum Gasteiger partial charge on any atom is 0.282 e. The van der Waals surface area contributed by atoms with E-state index in [1.54, 1.807) is 6.07 Å². The van der Waals surface area contributed by atoms with Crippen molar-refractivity contribution in [1.82, 2.24) is 0 Å². The van der Waals surface area contributed by atoms with Crippen molar-refractivity contribution in [2.75, 3.05) is 6.61 Å². The zero-order valence-electron chi connectivity index (χ0n) is 9.60. The molecule has 0 aromatic heterocycles. The van der Waals surface area contributed by atoms with Crippen LogP contribution in [0.5, 0.6) is 5.75 Å². The first-order valence-electron chi connectivity index (χ1n) is 5.52. The lowest BCUT2D eigenvalue weighted by Gasteiger charge is -2.16. The van der Waals surface area contributed by atoms with Gasteiger partial charge in [-0.05, 0) is 25.1 Å². The Morgan fingerprint density at radius 3 is 3.12 bits per heavy atom. The Hall–Kier alpha value is -1.42. The predicted molar refractivity (Wildman–Crippen MR) is 67.5 cm³/mol. The summed E-state index contributed by atoms with van der Waals surface area (Å²) in [6.07, 6.45) is 0.810. The van der Waals surface area contributed by atoms with Crippen LogP contribution in [0, 0.1) is 0 Å². The van der Waals surface area contributed by atoms with E-state index < -0.39 is 0 Å². The number of nitrogens with two attached hydrogens (primary N) is 1. The van der Waals surface area contributed by atoms with Gasteiger partial charge in [-0.15, -0.1) is 0 Å². The molecule has 1 aromatic carbocycles. The number of aliphatic imine (C=N–C) groups is 1. The molecule has 2 N–H and O–H groups in total. The average Bonchev–Trinajstić information content (AvgIpc) is 2.63. The maximum absolute atomic E-state index is 5.88. The van der Waals surface area contributed by atoms with Crippen LogP contribution in [0.2, 0.25) is 5.02 Å². The summed E-state index contributed by atoms with van der Waals surface area (Å²) < 4.78 is 10.8. The van der Waals surface area contributed by atoms with Crippen LogP contribution in [0.1, 0.15) is 13.3 Å². The highest BCUT2D eigenvalue weighted by molar-refractivity contribution is 6.30. The van der Waals surface area contributed by atoms with E-state index >= 15 is 0 Å². The molecule has 4 nitrogen and oxygen atoms in total. The summed E-state index contributed by atoms with van der Waals surface area (Å²) in [5.41, 5.74) is 5.44. The van der Waals surface area contributed by atoms with Crippen LogP contribution < -0.4 is 10.5 Å². The standard InChI is InChI=1S/C12H15ClN2O2/c1-8(5-10-7-16-12(14)15-10)17-11-4-2-3-9(13)6-11/h2-4,6,8,10H,5,7H2,1H3,(H2,14,15). The lowest BCUT2D eigenvalue weighted by Crippen LogP contribution is -2.20. The fourth-order valence-electron chi connectivity index (χ4n) is 1.76. The van der Waals surface area contributed by atoms with Crippen LogP contribution in [0.15, 0.2) is 29.3 Å². The highest BCUT2D eigenvalue weighted by atomic mass is 35.5. The van der Waals surface area contributed by atoms with E-state index in [0.29, 0.717) is 11.6 Å². The molecular formula is C12H15ClN2O2. The van der Waals surface area contributed by atoms with Crippen molar-refractivity contribution < 1.29 is 9.47 Å². The minimum atomic E-state index is 0.0386. The summed E-state index contributed by atoms with van der Waals surface area (Å²) in [5, 5.41) is 0.668. The highest BCUT2D eigenvalue weighted by Crippen LogP contribution is 2.20. The predicted octanol–water partition coefficient (Wildman–Crippen LogP) is 2.21. The van der Waals surface area contributed by atoms with E-state index in [-0.39, 0.29) is 18.2 Å². The van der Waals surface area contributed by atoms with Gasteiger partial charge in [0.25, 0.3) is 6.02 Å². The van der Waals surface area contributed by atoms with Crippen LogP contribution in [0.25, 0.3) is 0 Å². The van der Waals surface area contributed by atoms with Crippen LogP contribution in [0.3, 0.4) is 0 Å². The first-order chi connectivity index (χ1) is 8.13. The molecule has 5 heteroatoms. The zero-order chi connectivity index (χ0) is 12.3. The Morgan fingerprint density at radius 2 is 2.47 bits per heavy atom. The summed E-state index contributed by atoms with van der Waals surface area (Å²) in [4.78, 5) is 4.15. The van der Waals surface area contributed by atoms with E-state index in [1.165, 1.54) is 0 Å². The molecule has 2 atom stereocenters. The van der Waals surface area contributed by atoms with Crippen molar-refractivity contribution >= 4 is 17.6 Å². The van der Waals surface area contributed by atoms with Crippen LogP contribution in [-0.2, 0) is 4.74 Å². The summed E-state index contributed by atoms with van der Waals surface area (Å²) in [6.45, 7) is 2.53. The fraction of sp³-hybridized carbons (Fsp3) is 0.417. The van der Waals surface area contributed by atoms with Crippen molar-refractivity contribution in [3.8, 4) is 5.75 Å². The number of rotatable bonds is 4. The number of hydrogen-bond donors (Lipinski definition) is 1. The molecule has 2 rings (SSSR count). The molecule has 1 aliphatic heterocycles. The van der Waals surface area contributed by atoms with Gasteiger partial charge in [-0.2, -0.15) is 0 Å². The van der Waals surface area contributed by atoms with Crippen LogP contribution >= 0.6 is 11.6 Å². The van der Waals surface area contributed by atoms with E-state index in [1.807, 2.05) is 25.1 Å². The molecule has 0 radical (unpaired) electrons. The van der Waals surface area contributed by atoms with Crippen molar-refractivity contribution in [2.45, 2.75) is 25.5 Å². The highest BCUT2D eigenvalue weighted by Gasteiger charge is 2.20. The largest absolute Gasteiger partial charge is 0.491 e. The van der Waals surface area contributed by atoms with Crippen LogP contribution in [-0.4, -0.2) is 24.8 Å². The van der Waals surface area contributed by atoms with Gasteiger partial charge in [0.05, 0.1) is 12.1 Å². The van der Waals surface area contributed by atoms with Crippen molar-refractivity contribution in [3.05, 3.63) is 29.3 Å². The van der Waals surface area contributed by atoms with Gasteiger partial charge in [0.2, 0.25) is 0 Å². The Kier molecular flexibility index (Phi) is 3.74. The number of hydrogen-bond acceptors (Lipinski definition) is 4. The van der Waals surface area contributed by atoms with Gasteiger partial charge < -0.3 is 15.2 Å². The first-order valence-corrected chi connectivity index (χ1v) is 5.89. The third-order valence-corrected chi connectivity index (χ3v) is 2.71. The summed E-state index contributed by atoms with van der Waals surface area (Å²) in [5.74, 6) is 0.765. The molecule has 2 unspecified atom stereocenters. The van der Waals surface area contributed by atoms with Gasteiger partial charge in [-0.1, -0.05) is 17.7 Å². The van der Waals surface area contributed by atoms with Gasteiger partial charge >= 0.3 is 0 Å². The van der Waals surface area contributed by atoms with Gasteiger partial charge in [-0.3, -0.25) is 0 Å². The first kappa shape index (κ1) is 12.0. The number of ether oxygens (including phenoxy) is 2. The zero-order valence-corrected chi connectivity index (χ0v) is 10.4. The number of halogens is 1. The molecule has 92 valence electrons. The minimum Gasteiger partial charge on any atom is -0.491 e. The summed E-state index contributed by atoms with van der Waals surface area (Å²) in [7, 11) is 0. The smallest absolute Gasteiger partial charge is 0.282 e. The third-order valence-electron chi connectivity index (χ3n) is 2.47. The fourth-order valence-corrected chi connectivity index (χ4v) is 1.94. The normalized spacial score (nSPS) is 20.6. The summed E-state index contributed by atoms with van der Waals surface area (Å²) in [6, 6.07) is 7.70.